The van der Waals surface area contributed by atoms with Crippen LogP contribution in [0.2, 0.25) is 0 Å². The summed E-state index contributed by atoms with van der Waals surface area (Å²) in [5.41, 5.74) is 10.3. The topological polar surface area (TPSA) is 171 Å². The normalized spacial score (nSPS) is 17.3. The van der Waals surface area contributed by atoms with Gasteiger partial charge in [0.25, 0.3) is 11.5 Å². The fraction of sp³-hybridized carbons (Fsp3) is 0.400. The zero-order valence-electron chi connectivity index (χ0n) is 34.4. The predicted molar refractivity (Wildman–Crippen MR) is 228 cm³/mol. The highest BCUT2D eigenvalue weighted by Gasteiger charge is 2.30. The van der Waals surface area contributed by atoms with E-state index in [2.05, 4.69) is 31.6 Å². The highest BCUT2D eigenvalue weighted by atomic mass is 19.1. The summed E-state index contributed by atoms with van der Waals surface area (Å²) in [7, 11) is 0. The molecule has 6 heterocycles. The fourth-order valence-corrected chi connectivity index (χ4v) is 7.74. The number of carbonyl (C=O) groups excluding carboxylic acids is 3. The van der Waals surface area contributed by atoms with Crippen molar-refractivity contribution in [2.45, 2.75) is 58.2 Å². The molecule has 316 valence electrons. The number of anilines is 1. The number of halogens is 1. The number of hydrogen-bond acceptors (Lipinski definition) is 10. The average Bonchev–Trinajstić information content (AvgIpc) is 3.27. The molecule has 0 bridgehead atoms. The predicted octanol–water partition coefficient (Wildman–Crippen LogP) is 2.69. The van der Waals surface area contributed by atoms with Crippen molar-refractivity contribution in [1.82, 2.24) is 39.8 Å². The van der Waals surface area contributed by atoms with Crippen LogP contribution in [0.1, 0.15) is 59.9 Å². The quantitative estimate of drug-likeness (QED) is 0.227. The number of nitrogen functional groups attached to an aromatic ring is 1. The number of piperazine rings is 1. The standard InChI is InChI=1S/C34H43FN6O5.C11H11N3/c1-3-5-28-27(4-2)33(44)37-36-31(28)21-24-6-7-30(35)29(20-24)34(45)41-18-16-40(17-19-41)32(43)22-38-12-8-25(9-13-38)46-26-10-14-39(23-42)15-11-26;1-8-11(12)5-10(7-14-8)9-3-2-4-13-6-9/h3-7,20,23,25-26H,1,8-19,21-22H2,2H3,(H,37,44);2-7H,12H2,1H3/b27-4+,28-5+;. The van der Waals surface area contributed by atoms with E-state index in [-0.39, 0.29) is 35.7 Å². The minimum Gasteiger partial charge on any atom is -0.397 e. The number of carbonyl (C=O) groups is 3. The molecule has 3 fully saturated rings. The van der Waals surface area contributed by atoms with Crippen molar-refractivity contribution in [1.29, 1.82) is 0 Å². The number of aryl methyl sites for hydroxylation is 1. The summed E-state index contributed by atoms with van der Waals surface area (Å²) >= 11 is 0. The number of pyridine rings is 2. The number of piperidine rings is 2. The SMILES string of the molecule is C=C/C=c1/c(Cc2ccc(F)c(C(=O)N3CCN(C(=O)CN4CCC(OC5CCN(C=O)CC5)CC4)CC3)c2)n[nH]c(=O)/c1=C/C.Cc1ncc(-c2cccnc2)cc1N. The first-order valence-electron chi connectivity index (χ1n) is 20.5. The molecule has 7 rings (SSSR count). The first-order chi connectivity index (χ1) is 29.1. The highest BCUT2D eigenvalue weighted by molar-refractivity contribution is 5.95. The molecular formula is C45H54FN9O5. The number of nitrogens with zero attached hydrogens (tertiary/aromatic N) is 7. The Morgan fingerprint density at radius 2 is 1.65 bits per heavy atom. The number of aromatic amines is 1. The van der Waals surface area contributed by atoms with Crippen LogP contribution in [-0.4, -0.2) is 129 Å². The Hall–Kier alpha value is -6.06. The molecule has 1 aromatic carbocycles. The summed E-state index contributed by atoms with van der Waals surface area (Å²) in [5, 5.41) is 7.81. The number of rotatable bonds is 10. The molecule has 3 aliphatic rings. The third-order valence-corrected chi connectivity index (χ3v) is 11.3. The molecule has 3 aliphatic heterocycles. The lowest BCUT2D eigenvalue weighted by atomic mass is 10.0. The van der Waals surface area contributed by atoms with E-state index in [1.54, 1.807) is 58.3 Å². The van der Waals surface area contributed by atoms with Crippen LogP contribution in [0.25, 0.3) is 23.3 Å². The number of H-pyrrole nitrogens is 1. The summed E-state index contributed by atoms with van der Waals surface area (Å²) in [6.45, 7) is 12.2. The van der Waals surface area contributed by atoms with Crippen molar-refractivity contribution in [2.75, 3.05) is 64.6 Å². The maximum Gasteiger partial charge on any atom is 0.271 e. The van der Waals surface area contributed by atoms with E-state index >= 15 is 0 Å². The molecule has 0 spiro atoms. The van der Waals surface area contributed by atoms with Crippen molar-refractivity contribution in [2.24, 2.45) is 0 Å². The molecular weight excluding hydrogens is 766 g/mol. The van der Waals surface area contributed by atoms with E-state index in [9.17, 15) is 23.6 Å². The molecule has 3 saturated heterocycles. The van der Waals surface area contributed by atoms with Gasteiger partial charge in [0.2, 0.25) is 12.3 Å². The van der Waals surface area contributed by atoms with E-state index in [1.165, 1.54) is 12.1 Å². The third kappa shape index (κ3) is 11.2. The second kappa shape index (κ2) is 20.8. The van der Waals surface area contributed by atoms with Crippen LogP contribution in [0.3, 0.4) is 0 Å². The number of allylic oxidation sites excluding steroid dienone is 1. The van der Waals surface area contributed by atoms with E-state index < -0.39 is 11.7 Å². The van der Waals surface area contributed by atoms with Gasteiger partial charge < -0.3 is 25.2 Å². The number of aromatic nitrogens is 4. The van der Waals surface area contributed by atoms with Crippen molar-refractivity contribution < 1.29 is 23.5 Å². The lowest BCUT2D eigenvalue weighted by molar-refractivity contribution is -0.135. The lowest BCUT2D eigenvalue weighted by Gasteiger charge is -2.38. The second-order valence-electron chi connectivity index (χ2n) is 15.3. The Morgan fingerprint density at radius 1 is 0.950 bits per heavy atom. The fourth-order valence-electron chi connectivity index (χ4n) is 7.74. The molecule has 60 heavy (non-hydrogen) atoms. The van der Waals surface area contributed by atoms with Gasteiger partial charge in [-0.2, -0.15) is 5.10 Å². The van der Waals surface area contributed by atoms with Crippen LogP contribution in [-0.2, 0) is 20.7 Å². The largest absolute Gasteiger partial charge is 0.397 e. The molecule has 4 aromatic rings. The molecule has 14 nitrogen and oxygen atoms in total. The monoisotopic (exact) mass is 819 g/mol. The smallest absolute Gasteiger partial charge is 0.271 e. The number of ether oxygens (including phenoxy) is 1. The molecule has 15 heteroatoms. The van der Waals surface area contributed by atoms with Crippen LogP contribution in [0.15, 0.2) is 72.4 Å². The molecule has 0 radical (unpaired) electrons. The van der Waals surface area contributed by atoms with E-state index in [0.717, 1.165) is 75.1 Å². The first kappa shape index (κ1) is 43.5. The summed E-state index contributed by atoms with van der Waals surface area (Å²) < 4.78 is 21.2. The molecule has 0 saturated carbocycles. The Bertz CT molecular complexity index is 2320. The number of benzene rings is 1. The molecule has 0 aliphatic carbocycles. The van der Waals surface area contributed by atoms with Crippen molar-refractivity contribution >= 4 is 36.1 Å². The zero-order valence-corrected chi connectivity index (χ0v) is 34.4. The van der Waals surface area contributed by atoms with Crippen molar-refractivity contribution in [3.05, 3.63) is 117 Å². The van der Waals surface area contributed by atoms with Crippen LogP contribution >= 0.6 is 0 Å². The van der Waals surface area contributed by atoms with Gasteiger partial charge in [-0.1, -0.05) is 36.9 Å². The molecule has 3 aromatic heterocycles. The van der Waals surface area contributed by atoms with E-state index in [4.69, 9.17) is 10.5 Å². The van der Waals surface area contributed by atoms with Crippen LogP contribution in [0, 0.1) is 12.7 Å². The average molecular weight is 820 g/mol. The van der Waals surface area contributed by atoms with E-state index in [1.807, 2.05) is 31.3 Å². The first-order valence-corrected chi connectivity index (χ1v) is 20.5. The summed E-state index contributed by atoms with van der Waals surface area (Å²) in [4.78, 5) is 65.2. The third-order valence-electron chi connectivity index (χ3n) is 11.3. The lowest BCUT2D eigenvalue weighted by Crippen LogP contribution is -2.53. The van der Waals surface area contributed by atoms with Gasteiger partial charge in [-0.15, -0.1) is 0 Å². The number of hydrogen-bond donors (Lipinski definition) is 2. The summed E-state index contributed by atoms with van der Waals surface area (Å²) in [5.74, 6) is -0.994. The van der Waals surface area contributed by atoms with E-state index in [0.29, 0.717) is 60.1 Å². The Kier molecular flexibility index (Phi) is 15.1. The molecule has 3 N–H and O–H groups in total. The van der Waals surface area contributed by atoms with Gasteiger partial charge in [0.05, 0.1) is 41.4 Å². The van der Waals surface area contributed by atoms with Gasteiger partial charge in [-0.05, 0) is 69.4 Å². The second-order valence-corrected chi connectivity index (χ2v) is 15.3. The minimum atomic E-state index is -0.610. The molecule has 0 unspecified atom stereocenters. The number of nitrogens with one attached hydrogen (secondary N) is 1. The summed E-state index contributed by atoms with van der Waals surface area (Å²) in [6, 6.07) is 10.2. The number of nitrogens with two attached hydrogens (primary N) is 1. The van der Waals surface area contributed by atoms with Crippen LogP contribution in [0.4, 0.5) is 10.1 Å². The Balaban J connectivity index is 0.000000362. The van der Waals surface area contributed by atoms with Gasteiger partial charge in [0, 0.05) is 98.9 Å². The van der Waals surface area contributed by atoms with Crippen molar-refractivity contribution in [3.8, 4) is 11.1 Å². The minimum absolute atomic E-state index is 0.0300. The van der Waals surface area contributed by atoms with Crippen LogP contribution < -0.4 is 21.7 Å². The van der Waals surface area contributed by atoms with Crippen LogP contribution in [0.5, 0.6) is 0 Å². The number of amides is 3. The molecule has 0 atom stereocenters. The van der Waals surface area contributed by atoms with Gasteiger partial charge in [0.1, 0.15) is 5.82 Å². The zero-order chi connectivity index (χ0) is 42.6. The highest BCUT2D eigenvalue weighted by Crippen LogP contribution is 2.22. The van der Waals surface area contributed by atoms with Gasteiger partial charge in [0.15, 0.2) is 0 Å². The van der Waals surface area contributed by atoms with Gasteiger partial charge in [-0.3, -0.25) is 34.0 Å². The summed E-state index contributed by atoms with van der Waals surface area (Å²) in [6.07, 6.45) is 15.4. The van der Waals surface area contributed by atoms with Gasteiger partial charge >= 0.3 is 0 Å². The number of likely N-dealkylation sites (tertiary alicyclic amines) is 2. The maximum absolute atomic E-state index is 14.9. The van der Waals surface area contributed by atoms with Crippen molar-refractivity contribution in [3.63, 3.8) is 0 Å². The Labute approximate surface area is 349 Å². The Morgan fingerprint density at radius 3 is 2.28 bits per heavy atom. The molecule has 3 amide bonds. The van der Waals surface area contributed by atoms with Gasteiger partial charge in [-0.25, -0.2) is 9.49 Å². The maximum atomic E-state index is 14.9.